The topological polar surface area (TPSA) is 84.5 Å². The molecule has 9 heteroatoms. The van der Waals surface area contributed by atoms with Crippen molar-refractivity contribution in [3.05, 3.63) is 57.6 Å². The highest BCUT2D eigenvalue weighted by Gasteiger charge is 2.23. The van der Waals surface area contributed by atoms with Crippen molar-refractivity contribution in [1.29, 1.82) is 0 Å². The minimum atomic E-state index is -4.01. The first-order valence-corrected chi connectivity index (χ1v) is 11.3. The van der Waals surface area contributed by atoms with Gasteiger partial charge in [0.25, 0.3) is 15.9 Å². The molecule has 0 aromatic heterocycles. The quantitative estimate of drug-likeness (QED) is 0.535. The second kappa shape index (κ2) is 10.3. The van der Waals surface area contributed by atoms with E-state index in [0.717, 1.165) is 5.56 Å². The summed E-state index contributed by atoms with van der Waals surface area (Å²) in [7, 11) is -4.01. The summed E-state index contributed by atoms with van der Waals surface area (Å²) in [5.74, 6) is -0.483. The molecule has 0 radical (unpaired) electrons. The zero-order valence-electron chi connectivity index (χ0n) is 16.5. The number of rotatable bonds is 9. The van der Waals surface area contributed by atoms with Gasteiger partial charge in [0.1, 0.15) is 4.90 Å². The Labute approximate surface area is 181 Å². The lowest BCUT2D eigenvalue weighted by Crippen LogP contribution is -2.26. The molecule has 158 valence electrons. The van der Waals surface area contributed by atoms with Gasteiger partial charge in [0.15, 0.2) is 0 Å². The SMILES string of the molecule is Cc1cccc(NS(=O)(=O)c2cc(C(=O)NCCCOC(C)C)c(Cl)cc2Cl)c1. The largest absolute Gasteiger partial charge is 0.379 e. The standard InChI is InChI=1S/C20H24Cl2N2O4S/c1-13(2)28-9-5-8-23-20(25)16-11-19(18(22)12-17(16)21)29(26,27)24-15-7-4-6-14(3)10-15/h4,6-7,10-13,24H,5,8-9H2,1-3H3,(H,23,25). The van der Waals surface area contributed by atoms with E-state index in [-0.39, 0.29) is 26.6 Å². The van der Waals surface area contributed by atoms with Gasteiger partial charge in [-0.05, 0) is 57.0 Å². The molecule has 1 amide bonds. The Bertz CT molecular complexity index is 978. The number of nitrogens with one attached hydrogen (secondary N) is 2. The molecule has 2 N–H and O–H groups in total. The molecule has 0 aliphatic rings. The van der Waals surface area contributed by atoms with Gasteiger partial charge in [-0.2, -0.15) is 0 Å². The van der Waals surface area contributed by atoms with E-state index in [9.17, 15) is 13.2 Å². The van der Waals surface area contributed by atoms with Gasteiger partial charge < -0.3 is 10.1 Å². The number of anilines is 1. The molecule has 0 atom stereocenters. The van der Waals surface area contributed by atoms with E-state index < -0.39 is 15.9 Å². The summed E-state index contributed by atoms with van der Waals surface area (Å²) in [5, 5.41) is 2.70. The monoisotopic (exact) mass is 458 g/mol. The Morgan fingerprint density at radius 3 is 2.52 bits per heavy atom. The molecule has 29 heavy (non-hydrogen) atoms. The van der Waals surface area contributed by atoms with Crippen LogP contribution in [-0.4, -0.2) is 33.6 Å². The van der Waals surface area contributed by atoms with Crippen molar-refractivity contribution < 1.29 is 17.9 Å². The zero-order chi connectivity index (χ0) is 21.6. The summed E-state index contributed by atoms with van der Waals surface area (Å²) >= 11 is 12.2. The molecule has 0 aliphatic heterocycles. The van der Waals surface area contributed by atoms with Gasteiger partial charge in [0, 0.05) is 18.8 Å². The second-order valence-corrected chi connectivity index (χ2v) is 9.23. The van der Waals surface area contributed by atoms with E-state index in [1.807, 2.05) is 26.8 Å². The van der Waals surface area contributed by atoms with Crippen LogP contribution in [0, 0.1) is 6.92 Å². The van der Waals surface area contributed by atoms with Crippen LogP contribution < -0.4 is 10.0 Å². The first-order chi connectivity index (χ1) is 13.6. The zero-order valence-corrected chi connectivity index (χ0v) is 18.8. The van der Waals surface area contributed by atoms with Crippen LogP contribution in [0.5, 0.6) is 0 Å². The Hall–Kier alpha value is -1.80. The Morgan fingerprint density at radius 1 is 1.14 bits per heavy atom. The summed E-state index contributed by atoms with van der Waals surface area (Å²) in [5.41, 5.74) is 1.33. The number of sulfonamides is 1. The lowest BCUT2D eigenvalue weighted by atomic mass is 10.2. The minimum Gasteiger partial charge on any atom is -0.379 e. The highest BCUT2D eigenvalue weighted by molar-refractivity contribution is 7.92. The van der Waals surface area contributed by atoms with Crippen molar-refractivity contribution >= 4 is 44.8 Å². The normalized spacial score (nSPS) is 11.5. The number of hydrogen-bond acceptors (Lipinski definition) is 4. The first kappa shape index (κ1) is 23.5. The van der Waals surface area contributed by atoms with Crippen molar-refractivity contribution in [2.24, 2.45) is 0 Å². The molecule has 2 aromatic rings. The van der Waals surface area contributed by atoms with Crippen molar-refractivity contribution in [3.8, 4) is 0 Å². The average Bonchev–Trinajstić information content (AvgIpc) is 2.60. The lowest BCUT2D eigenvalue weighted by molar-refractivity contribution is 0.0757. The molecule has 2 rings (SSSR count). The molecule has 0 spiro atoms. The molecule has 6 nitrogen and oxygen atoms in total. The van der Waals surface area contributed by atoms with Crippen LogP contribution in [0.1, 0.15) is 36.2 Å². The van der Waals surface area contributed by atoms with E-state index >= 15 is 0 Å². The number of benzene rings is 2. The van der Waals surface area contributed by atoms with Crippen molar-refractivity contribution in [2.45, 2.75) is 38.2 Å². The number of hydrogen-bond donors (Lipinski definition) is 2. The van der Waals surface area contributed by atoms with E-state index in [1.165, 1.54) is 12.1 Å². The van der Waals surface area contributed by atoms with E-state index in [1.54, 1.807) is 18.2 Å². The number of carbonyl (C=O) groups is 1. The van der Waals surface area contributed by atoms with Crippen LogP contribution in [0.25, 0.3) is 0 Å². The molecule has 0 saturated carbocycles. The van der Waals surface area contributed by atoms with E-state index in [2.05, 4.69) is 10.0 Å². The molecule has 0 aliphatic carbocycles. The Morgan fingerprint density at radius 2 is 1.86 bits per heavy atom. The molecule has 2 aromatic carbocycles. The summed E-state index contributed by atoms with van der Waals surface area (Å²) in [6.07, 6.45) is 0.736. The predicted octanol–water partition coefficient (Wildman–Crippen LogP) is 4.65. The molecule has 0 unspecified atom stereocenters. The number of aryl methyl sites for hydroxylation is 1. The summed E-state index contributed by atoms with van der Waals surface area (Å²) < 4.78 is 33.5. The predicted molar refractivity (Wildman–Crippen MR) is 116 cm³/mol. The van der Waals surface area contributed by atoms with Crippen LogP contribution in [0.2, 0.25) is 10.0 Å². The number of halogens is 2. The summed E-state index contributed by atoms with van der Waals surface area (Å²) in [4.78, 5) is 12.2. The van der Waals surface area contributed by atoms with Crippen molar-refractivity contribution in [3.63, 3.8) is 0 Å². The van der Waals surface area contributed by atoms with Crippen LogP contribution in [-0.2, 0) is 14.8 Å². The smallest absolute Gasteiger partial charge is 0.263 e. The van der Waals surface area contributed by atoms with Gasteiger partial charge in [0.05, 0.1) is 21.7 Å². The highest BCUT2D eigenvalue weighted by Crippen LogP contribution is 2.30. The van der Waals surface area contributed by atoms with Crippen LogP contribution >= 0.6 is 23.2 Å². The molecular formula is C20H24Cl2N2O4S. The fourth-order valence-corrected chi connectivity index (χ4v) is 4.43. The van der Waals surface area contributed by atoms with Crippen molar-refractivity contribution in [1.82, 2.24) is 5.32 Å². The lowest BCUT2D eigenvalue weighted by Gasteiger charge is -2.13. The van der Waals surface area contributed by atoms with E-state index in [0.29, 0.717) is 25.3 Å². The summed E-state index contributed by atoms with van der Waals surface area (Å²) in [6, 6.07) is 9.34. The van der Waals surface area contributed by atoms with Gasteiger partial charge in [-0.1, -0.05) is 35.3 Å². The third kappa shape index (κ3) is 6.89. The Balaban J connectivity index is 2.18. The number of carbonyl (C=O) groups excluding carboxylic acids is 1. The van der Waals surface area contributed by atoms with Gasteiger partial charge >= 0.3 is 0 Å². The van der Waals surface area contributed by atoms with Gasteiger partial charge in [-0.3, -0.25) is 9.52 Å². The Kier molecular flexibility index (Phi) is 8.34. The molecular weight excluding hydrogens is 435 g/mol. The number of ether oxygens (including phenoxy) is 1. The maximum absolute atomic E-state index is 12.8. The maximum atomic E-state index is 12.8. The van der Waals surface area contributed by atoms with Crippen LogP contribution in [0.15, 0.2) is 41.3 Å². The van der Waals surface area contributed by atoms with Crippen LogP contribution in [0.3, 0.4) is 0 Å². The summed E-state index contributed by atoms with van der Waals surface area (Å²) in [6.45, 7) is 6.58. The van der Waals surface area contributed by atoms with Gasteiger partial charge in [0.2, 0.25) is 0 Å². The highest BCUT2D eigenvalue weighted by atomic mass is 35.5. The minimum absolute atomic E-state index is 0.0328. The average molecular weight is 459 g/mol. The fraction of sp³-hybridized carbons (Fsp3) is 0.350. The van der Waals surface area contributed by atoms with Crippen molar-refractivity contribution in [2.75, 3.05) is 17.9 Å². The number of amides is 1. The maximum Gasteiger partial charge on any atom is 0.263 e. The third-order valence-electron chi connectivity index (χ3n) is 3.88. The molecule has 0 saturated heterocycles. The molecule has 0 heterocycles. The first-order valence-electron chi connectivity index (χ1n) is 9.08. The second-order valence-electron chi connectivity index (χ2n) is 6.77. The molecule has 0 fully saturated rings. The fourth-order valence-electron chi connectivity index (χ4n) is 2.52. The van der Waals surface area contributed by atoms with Crippen LogP contribution in [0.4, 0.5) is 5.69 Å². The van der Waals surface area contributed by atoms with Gasteiger partial charge in [-0.25, -0.2) is 8.42 Å². The molecule has 0 bridgehead atoms. The van der Waals surface area contributed by atoms with E-state index in [4.69, 9.17) is 27.9 Å². The third-order valence-corrected chi connectivity index (χ3v) is 6.04. The van der Waals surface area contributed by atoms with Gasteiger partial charge in [-0.15, -0.1) is 0 Å².